The molecule has 116 valence electrons. The highest BCUT2D eigenvalue weighted by atomic mass is 79.9. The minimum absolute atomic E-state index is 0.157. The second-order valence-electron chi connectivity index (χ2n) is 3.92. The van der Waals surface area contributed by atoms with Gasteiger partial charge < -0.3 is 9.47 Å². The monoisotopic (exact) mass is 680 g/mol. The van der Waals surface area contributed by atoms with Crippen LogP contribution in [0.2, 0.25) is 0 Å². The zero-order chi connectivity index (χ0) is 16.4. The van der Waals surface area contributed by atoms with Gasteiger partial charge in [-0.25, -0.2) is 0 Å². The van der Waals surface area contributed by atoms with Crippen molar-refractivity contribution in [3.63, 3.8) is 0 Å². The van der Waals surface area contributed by atoms with Crippen LogP contribution in [-0.4, -0.2) is 0 Å². The van der Waals surface area contributed by atoms with Crippen LogP contribution in [0.3, 0.4) is 0 Å². The summed E-state index contributed by atoms with van der Waals surface area (Å²) in [5, 5.41) is 0. The fourth-order valence-electron chi connectivity index (χ4n) is 1.44. The Hall–Kier alpha value is 0.660. The summed E-state index contributed by atoms with van der Waals surface area (Å²) in [6.07, 6.45) is 0. The van der Waals surface area contributed by atoms with Crippen LogP contribution in [0.4, 0.5) is 0 Å². The van der Waals surface area contributed by atoms with Crippen LogP contribution >= 0.6 is 95.6 Å². The Morgan fingerprint density at radius 3 is 1.36 bits per heavy atom. The number of rotatable bonds is 4. The van der Waals surface area contributed by atoms with Gasteiger partial charge >= 0.3 is 0 Å². The highest BCUT2D eigenvalue weighted by molar-refractivity contribution is 9.15. The zero-order valence-electron chi connectivity index (χ0n) is 10.6. The highest BCUT2D eigenvalue weighted by Gasteiger charge is 2.13. The van der Waals surface area contributed by atoms with Gasteiger partial charge in [-0.1, -0.05) is 0 Å². The van der Waals surface area contributed by atoms with E-state index in [0.29, 0.717) is 11.5 Å². The van der Waals surface area contributed by atoms with Crippen molar-refractivity contribution in [1.82, 2.24) is 0 Å². The molecule has 0 N–H and O–H groups in total. The lowest BCUT2D eigenvalue weighted by Crippen LogP contribution is -2.03. The Morgan fingerprint density at radius 1 is 0.636 bits per heavy atom. The van der Waals surface area contributed by atoms with Gasteiger partial charge in [0, 0.05) is 17.9 Å². The van der Waals surface area contributed by atoms with Gasteiger partial charge in [-0.15, -0.1) is 0 Å². The molecule has 2 rings (SSSR count). The van der Waals surface area contributed by atoms with Crippen molar-refractivity contribution in [1.29, 1.82) is 0 Å². The van der Waals surface area contributed by atoms with E-state index >= 15 is 0 Å². The summed E-state index contributed by atoms with van der Waals surface area (Å²) in [4.78, 5) is 0. The summed E-state index contributed by atoms with van der Waals surface area (Å²) >= 11 is 20.7. The largest absolute Gasteiger partial charge is 0.425 e. The number of hydrogen-bond donors (Lipinski definition) is 0. The van der Waals surface area contributed by atoms with E-state index < -0.39 is 0 Å². The SMILES string of the molecule is C=C(Oc1ccc(Br)c(Br)c1Br)Oc1ccc(Br)c(Br)c1Br. The second-order valence-corrected chi connectivity index (χ2v) is 8.80. The fourth-order valence-corrected chi connectivity index (χ4v) is 4.14. The van der Waals surface area contributed by atoms with Crippen LogP contribution in [0.5, 0.6) is 11.5 Å². The molecule has 0 heterocycles. The van der Waals surface area contributed by atoms with Gasteiger partial charge in [0.05, 0.1) is 8.95 Å². The van der Waals surface area contributed by atoms with Gasteiger partial charge in [-0.3, -0.25) is 0 Å². The molecule has 0 atom stereocenters. The molecule has 0 amide bonds. The molecule has 0 fully saturated rings. The first-order valence-electron chi connectivity index (χ1n) is 5.63. The Bertz CT molecular complexity index is 683. The molecule has 2 aromatic rings. The van der Waals surface area contributed by atoms with Gasteiger partial charge in [0.1, 0.15) is 11.5 Å². The maximum absolute atomic E-state index is 5.65. The normalized spacial score (nSPS) is 10.5. The smallest absolute Gasteiger partial charge is 0.282 e. The predicted octanol–water partition coefficient (Wildman–Crippen LogP) is 8.19. The number of hydrogen-bond acceptors (Lipinski definition) is 2. The van der Waals surface area contributed by atoms with Gasteiger partial charge in [0.25, 0.3) is 5.95 Å². The Kier molecular flexibility index (Phi) is 7.04. The molecule has 0 aliphatic heterocycles. The number of benzene rings is 2. The molecule has 22 heavy (non-hydrogen) atoms. The molecule has 0 aliphatic carbocycles. The van der Waals surface area contributed by atoms with E-state index in [4.69, 9.17) is 9.47 Å². The molecule has 0 spiro atoms. The Labute approximate surface area is 178 Å². The third-order valence-electron chi connectivity index (χ3n) is 2.45. The standard InChI is InChI=1S/C14H6Br6O2/c1-6(21-9-4-2-7(15)11(17)13(9)19)22-10-5-3-8(16)12(18)14(10)20/h2-5H,1H2. The third kappa shape index (κ3) is 4.39. The summed E-state index contributed by atoms with van der Waals surface area (Å²) in [6, 6.07) is 7.34. The summed E-state index contributed by atoms with van der Waals surface area (Å²) in [5.41, 5.74) is 0. The second kappa shape index (κ2) is 8.16. The van der Waals surface area contributed by atoms with Crippen LogP contribution in [0.25, 0.3) is 0 Å². The van der Waals surface area contributed by atoms with Crippen molar-refractivity contribution in [2.75, 3.05) is 0 Å². The van der Waals surface area contributed by atoms with E-state index in [2.05, 4.69) is 102 Å². The lowest BCUT2D eigenvalue weighted by molar-refractivity contribution is 0.226. The molecule has 2 nitrogen and oxygen atoms in total. The first-order valence-corrected chi connectivity index (χ1v) is 10.4. The lowest BCUT2D eigenvalue weighted by atomic mass is 10.3. The van der Waals surface area contributed by atoms with E-state index in [0.717, 1.165) is 26.8 Å². The average molecular weight is 686 g/mol. The molecular weight excluding hydrogens is 680 g/mol. The minimum Gasteiger partial charge on any atom is -0.425 e. The molecule has 2 aromatic carbocycles. The topological polar surface area (TPSA) is 18.5 Å². The van der Waals surface area contributed by atoms with Gasteiger partial charge in [0.2, 0.25) is 0 Å². The van der Waals surface area contributed by atoms with Crippen LogP contribution in [0.1, 0.15) is 0 Å². The number of halogens is 6. The van der Waals surface area contributed by atoms with E-state index in [1.807, 2.05) is 12.1 Å². The van der Waals surface area contributed by atoms with Gasteiger partial charge in [0.15, 0.2) is 0 Å². The summed E-state index contributed by atoms with van der Waals surface area (Å²) in [6.45, 7) is 3.79. The van der Waals surface area contributed by atoms with Gasteiger partial charge in [-0.05, 0) is 126 Å². The molecule has 0 saturated heterocycles. The van der Waals surface area contributed by atoms with Crippen molar-refractivity contribution in [3.8, 4) is 11.5 Å². The Morgan fingerprint density at radius 2 is 1.00 bits per heavy atom. The molecule has 0 saturated carbocycles. The van der Waals surface area contributed by atoms with Crippen molar-refractivity contribution in [2.45, 2.75) is 0 Å². The van der Waals surface area contributed by atoms with Crippen molar-refractivity contribution >= 4 is 95.6 Å². The predicted molar refractivity (Wildman–Crippen MR) is 109 cm³/mol. The highest BCUT2D eigenvalue weighted by Crippen LogP contribution is 2.40. The minimum atomic E-state index is 0.157. The van der Waals surface area contributed by atoms with E-state index in [1.54, 1.807) is 12.1 Å². The first-order chi connectivity index (χ1) is 10.3. The van der Waals surface area contributed by atoms with E-state index in [1.165, 1.54) is 0 Å². The summed E-state index contributed by atoms with van der Waals surface area (Å²) < 4.78 is 16.4. The summed E-state index contributed by atoms with van der Waals surface area (Å²) in [7, 11) is 0. The quantitative estimate of drug-likeness (QED) is 0.239. The van der Waals surface area contributed by atoms with Crippen LogP contribution in [0, 0.1) is 0 Å². The molecule has 8 heteroatoms. The van der Waals surface area contributed by atoms with Crippen molar-refractivity contribution < 1.29 is 9.47 Å². The average Bonchev–Trinajstić information content (AvgIpc) is 2.48. The molecule has 0 aromatic heterocycles. The molecule has 0 bridgehead atoms. The molecule has 0 aliphatic rings. The van der Waals surface area contributed by atoms with Crippen LogP contribution in [0.15, 0.2) is 63.6 Å². The molecule has 0 radical (unpaired) electrons. The lowest BCUT2D eigenvalue weighted by Gasteiger charge is -2.14. The Balaban J connectivity index is 2.18. The molecule has 0 unspecified atom stereocenters. The maximum Gasteiger partial charge on any atom is 0.282 e. The van der Waals surface area contributed by atoms with E-state index in [-0.39, 0.29) is 5.95 Å². The third-order valence-corrected chi connectivity index (χ3v) is 9.12. The summed E-state index contributed by atoms with van der Waals surface area (Å²) in [5.74, 6) is 1.34. The molecular formula is C14H6Br6O2. The van der Waals surface area contributed by atoms with Crippen molar-refractivity contribution in [3.05, 3.63) is 63.6 Å². The van der Waals surface area contributed by atoms with Crippen molar-refractivity contribution in [2.24, 2.45) is 0 Å². The fraction of sp³-hybridized carbons (Fsp3) is 0. The van der Waals surface area contributed by atoms with Gasteiger partial charge in [-0.2, -0.15) is 0 Å². The van der Waals surface area contributed by atoms with Crippen LogP contribution < -0.4 is 9.47 Å². The zero-order valence-corrected chi connectivity index (χ0v) is 20.1. The maximum atomic E-state index is 5.65. The van der Waals surface area contributed by atoms with Crippen LogP contribution in [-0.2, 0) is 0 Å². The van der Waals surface area contributed by atoms with E-state index in [9.17, 15) is 0 Å². The number of ether oxygens (including phenoxy) is 2. The first kappa shape index (κ1) is 19.0.